The molecule has 2 aromatic rings. The lowest BCUT2D eigenvalue weighted by atomic mass is 9.80. The van der Waals surface area contributed by atoms with E-state index in [1.165, 1.54) is 0 Å². The van der Waals surface area contributed by atoms with Crippen LogP contribution in [0.2, 0.25) is 0 Å². The third kappa shape index (κ3) is 10.4. The van der Waals surface area contributed by atoms with Gasteiger partial charge in [0.1, 0.15) is 17.6 Å². The molecule has 3 unspecified atom stereocenters. The number of benzene rings is 1. The molecule has 0 radical (unpaired) electrons. The lowest BCUT2D eigenvalue weighted by Gasteiger charge is -2.36. The van der Waals surface area contributed by atoms with Crippen LogP contribution in [0.4, 0.5) is 22.0 Å². The second kappa shape index (κ2) is 18.9. The molecule has 0 saturated heterocycles. The minimum atomic E-state index is -5.03. The summed E-state index contributed by atoms with van der Waals surface area (Å²) >= 11 is 0.940. The Hall–Kier alpha value is -3.49. The smallest absolute Gasteiger partial charge is 0.417 e. The summed E-state index contributed by atoms with van der Waals surface area (Å²) in [6.45, 7) is 22.0. The van der Waals surface area contributed by atoms with Gasteiger partial charge in [0.2, 0.25) is 5.88 Å². The van der Waals surface area contributed by atoms with Crippen LogP contribution in [0.25, 0.3) is 15.7 Å². The Morgan fingerprint density at radius 2 is 1.78 bits per heavy atom. The van der Waals surface area contributed by atoms with E-state index in [9.17, 15) is 5.26 Å². The van der Waals surface area contributed by atoms with Crippen molar-refractivity contribution in [1.82, 2.24) is 4.90 Å². The summed E-state index contributed by atoms with van der Waals surface area (Å²) < 4.78 is 90.1. The van der Waals surface area contributed by atoms with Crippen molar-refractivity contribution in [3.05, 3.63) is 75.2 Å². The Morgan fingerprint density at radius 3 is 2.31 bits per heavy atom. The topological polar surface area (TPSA) is 57.9 Å². The fourth-order valence-corrected chi connectivity index (χ4v) is 8.29. The van der Waals surface area contributed by atoms with Gasteiger partial charge in [-0.2, -0.15) is 18.4 Å². The van der Waals surface area contributed by atoms with Crippen molar-refractivity contribution in [1.29, 1.82) is 5.26 Å². The Labute approximate surface area is 323 Å². The van der Waals surface area contributed by atoms with Gasteiger partial charge in [-0.1, -0.05) is 67.4 Å². The molecular formula is C43H58F5N3O2S. The SMILES string of the molecule is C=C(/N=C1/C(F)=C(c2ccc(F)c3sc(C)c(C#N)c23)C(C(F)(F)F)=C/C1=C(/C)N(C)C(CCC(C)C)C(C)C)OCC(C)(CCCC)CC(CC)OC. The number of rotatable bonds is 18. The number of aryl methyl sites for hydroxylation is 1. The Morgan fingerprint density at radius 1 is 1.11 bits per heavy atom. The number of methoxy groups -OCH3 is 1. The molecule has 0 bridgehead atoms. The van der Waals surface area contributed by atoms with Gasteiger partial charge in [-0.15, -0.1) is 11.3 Å². The lowest BCUT2D eigenvalue weighted by Crippen LogP contribution is -2.36. The second-order valence-electron chi connectivity index (χ2n) is 15.6. The number of nitriles is 1. The maximum atomic E-state index is 17.5. The Bertz CT molecular complexity index is 1820. The van der Waals surface area contributed by atoms with Crippen LogP contribution in [0.1, 0.15) is 116 Å². The van der Waals surface area contributed by atoms with Crippen LogP contribution >= 0.6 is 11.3 Å². The summed E-state index contributed by atoms with van der Waals surface area (Å²) in [5.41, 5.74) is -2.70. The van der Waals surface area contributed by atoms with Gasteiger partial charge in [-0.05, 0) is 82.1 Å². The molecule has 5 nitrogen and oxygen atoms in total. The number of unbranched alkanes of at least 4 members (excludes halogenated alkanes) is 1. The molecule has 0 amide bonds. The predicted molar refractivity (Wildman–Crippen MR) is 212 cm³/mol. The number of halogens is 5. The molecule has 0 spiro atoms. The second-order valence-corrected chi connectivity index (χ2v) is 16.8. The van der Waals surface area contributed by atoms with E-state index in [1.807, 2.05) is 24.9 Å². The summed E-state index contributed by atoms with van der Waals surface area (Å²) in [5.74, 6) is -1.59. The van der Waals surface area contributed by atoms with Crippen LogP contribution in [0.15, 0.2) is 58.3 Å². The van der Waals surface area contributed by atoms with E-state index in [0.717, 1.165) is 68.1 Å². The van der Waals surface area contributed by atoms with Gasteiger partial charge in [0.15, 0.2) is 5.83 Å². The van der Waals surface area contributed by atoms with E-state index < -0.39 is 29.0 Å². The van der Waals surface area contributed by atoms with Crippen LogP contribution in [0.3, 0.4) is 0 Å². The van der Waals surface area contributed by atoms with Crippen molar-refractivity contribution in [3.8, 4) is 6.07 Å². The quantitative estimate of drug-likeness (QED) is 0.112. The lowest BCUT2D eigenvalue weighted by molar-refractivity contribution is -0.0872. The molecule has 298 valence electrons. The van der Waals surface area contributed by atoms with E-state index in [1.54, 1.807) is 21.0 Å². The van der Waals surface area contributed by atoms with E-state index in [2.05, 4.69) is 53.1 Å². The summed E-state index contributed by atoms with van der Waals surface area (Å²) in [6, 6.07) is 4.05. The number of aliphatic imine (C=N–C) groups is 1. The summed E-state index contributed by atoms with van der Waals surface area (Å²) in [4.78, 5) is 6.84. The Balaban J connectivity index is 2.36. The third-order valence-corrected chi connectivity index (χ3v) is 11.7. The monoisotopic (exact) mass is 775 g/mol. The number of allylic oxidation sites excluding steroid dienone is 6. The number of fused-ring (bicyclic) bond motifs is 1. The average molecular weight is 776 g/mol. The van der Waals surface area contributed by atoms with Gasteiger partial charge >= 0.3 is 6.18 Å². The highest BCUT2D eigenvalue weighted by atomic mass is 32.1. The first-order valence-corrected chi connectivity index (χ1v) is 19.7. The number of hydrogen-bond acceptors (Lipinski definition) is 6. The molecule has 1 aliphatic carbocycles. The van der Waals surface area contributed by atoms with Crippen molar-refractivity contribution in [2.75, 3.05) is 20.8 Å². The average Bonchev–Trinajstić information content (AvgIpc) is 3.45. The summed E-state index contributed by atoms with van der Waals surface area (Å²) in [6.07, 6.45) is 1.80. The molecule has 0 N–H and O–H groups in total. The molecule has 54 heavy (non-hydrogen) atoms. The first kappa shape index (κ1) is 44.9. The number of thiophene rings is 1. The van der Waals surface area contributed by atoms with Crippen molar-refractivity contribution >= 4 is 32.7 Å². The molecule has 0 saturated carbocycles. The highest BCUT2D eigenvalue weighted by Gasteiger charge is 2.43. The van der Waals surface area contributed by atoms with Crippen LogP contribution in [-0.2, 0) is 9.47 Å². The minimum Gasteiger partial charge on any atom is -0.477 e. The van der Waals surface area contributed by atoms with Gasteiger partial charge < -0.3 is 14.4 Å². The van der Waals surface area contributed by atoms with E-state index in [0.29, 0.717) is 22.9 Å². The van der Waals surface area contributed by atoms with Gasteiger partial charge in [0.05, 0.1) is 28.5 Å². The molecule has 3 atom stereocenters. The van der Waals surface area contributed by atoms with Gasteiger partial charge in [0, 0.05) is 52.7 Å². The zero-order chi connectivity index (χ0) is 40.7. The molecule has 0 aliphatic heterocycles. The maximum absolute atomic E-state index is 17.5. The minimum absolute atomic E-state index is 0.00690. The highest BCUT2D eigenvalue weighted by molar-refractivity contribution is 7.19. The first-order valence-electron chi connectivity index (χ1n) is 18.9. The molecule has 1 aliphatic rings. The van der Waals surface area contributed by atoms with Crippen LogP contribution in [0.5, 0.6) is 0 Å². The van der Waals surface area contributed by atoms with Crippen LogP contribution in [-0.4, -0.2) is 49.7 Å². The van der Waals surface area contributed by atoms with Crippen molar-refractivity contribution in [2.45, 2.75) is 126 Å². The van der Waals surface area contributed by atoms with Crippen molar-refractivity contribution in [3.63, 3.8) is 0 Å². The summed E-state index contributed by atoms with van der Waals surface area (Å²) in [7, 11) is 3.48. The zero-order valence-electron chi connectivity index (χ0n) is 33.9. The first-order chi connectivity index (χ1) is 25.2. The zero-order valence-corrected chi connectivity index (χ0v) is 34.7. The van der Waals surface area contributed by atoms with Crippen LogP contribution < -0.4 is 0 Å². The summed E-state index contributed by atoms with van der Waals surface area (Å²) in [5, 5.41) is 9.94. The number of alkyl halides is 3. The van der Waals surface area contributed by atoms with E-state index in [-0.39, 0.29) is 68.5 Å². The standard InChI is InChI=1S/C43H58F5N3O2S/c1-13-15-20-42(10,22-30(14-2)52-12)24-53-29(9)50-40-32(27(7)51(11)36(26(5)6)19-16-25(3)4)21-34(43(46,47)48)38(39(40)45)31-17-18-35(44)41-37(31)33(23-49)28(8)54-41/h17-18,21,25-26,30,36H,9,13-16,19-20,22,24H2,1-8,10-12H3/b32-27+,50-40+. The van der Waals surface area contributed by atoms with Gasteiger partial charge in [-0.25, -0.2) is 13.8 Å². The number of hydrogen-bond donors (Lipinski definition) is 0. The van der Waals surface area contributed by atoms with E-state index in [4.69, 9.17) is 9.47 Å². The molecule has 1 aromatic heterocycles. The fourth-order valence-electron chi connectivity index (χ4n) is 7.25. The number of nitrogens with zero attached hydrogens (tertiary/aromatic N) is 3. The highest BCUT2D eigenvalue weighted by Crippen LogP contribution is 2.48. The maximum Gasteiger partial charge on any atom is 0.417 e. The molecule has 3 rings (SSSR count). The van der Waals surface area contributed by atoms with Crippen molar-refractivity contribution in [2.24, 2.45) is 22.2 Å². The van der Waals surface area contributed by atoms with Gasteiger partial charge in [0.25, 0.3) is 0 Å². The van der Waals surface area contributed by atoms with Crippen molar-refractivity contribution < 1.29 is 31.4 Å². The molecule has 1 heterocycles. The van der Waals surface area contributed by atoms with Crippen LogP contribution in [0, 0.1) is 41.3 Å². The third-order valence-electron chi connectivity index (χ3n) is 10.6. The molecule has 11 heteroatoms. The van der Waals surface area contributed by atoms with Gasteiger partial charge in [-0.3, -0.25) is 0 Å². The normalized spacial score (nSPS) is 17.9. The molecule has 0 fully saturated rings. The predicted octanol–water partition coefficient (Wildman–Crippen LogP) is 13.0. The fraction of sp³-hybridized carbons (Fsp3) is 0.581. The molecule has 1 aromatic carbocycles. The Kier molecular flexibility index (Phi) is 15.7. The largest absolute Gasteiger partial charge is 0.477 e. The molecular weight excluding hydrogens is 718 g/mol. The number of ether oxygens (including phenoxy) is 2. The van der Waals surface area contributed by atoms with E-state index >= 15 is 22.0 Å².